The minimum atomic E-state index is -0.454. The third-order valence-corrected chi connectivity index (χ3v) is 4.40. The van der Waals surface area contributed by atoms with Crippen LogP contribution in [-0.4, -0.2) is 34.3 Å². The highest BCUT2D eigenvalue weighted by molar-refractivity contribution is 5.97. The molecule has 0 spiro atoms. The number of likely N-dealkylation sites (tertiary alicyclic amines) is 1. The predicted octanol–water partition coefficient (Wildman–Crippen LogP) is 1.69. The van der Waals surface area contributed by atoms with E-state index in [2.05, 4.69) is 10.3 Å². The molecule has 25 heavy (non-hydrogen) atoms. The number of amides is 2. The monoisotopic (exact) mass is 339 g/mol. The lowest BCUT2D eigenvalue weighted by molar-refractivity contribution is -0.126. The molecule has 130 valence electrons. The van der Waals surface area contributed by atoms with Gasteiger partial charge < -0.3 is 15.2 Å². The molecule has 1 unspecified atom stereocenters. The SMILES string of the molecule is O=C(NCc1ccc(=O)[nH]c1)C1CCCCN1C(=O)c1ccccc1. The first-order valence-corrected chi connectivity index (χ1v) is 8.46. The Kier molecular flexibility index (Phi) is 5.28. The summed E-state index contributed by atoms with van der Waals surface area (Å²) in [5.74, 6) is -0.264. The minimum Gasteiger partial charge on any atom is -0.350 e. The van der Waals surface area contributed by atoms with Gasteiger partial charge in [0, 0.05) is 30.9 Å². The molecular formula is C19H21N3O3. The molecule has 0 saturated carbocycles. The fourth-order valence-electron chi connectivity index (χ4n) is 3.05. The summed E-state index contributed by atoms with van der Waals surface area (Å²) in [7, 11) is 0. The average molecular weight is 339 g/mol. The average Bonchev–Trinajstić information content (AvgIpc) is 2.67. The molecule has 1 aliphatic heterocycles. The van der Waals surface area contributed by atoms with Gasteiger partial charge in [-0.05, 0) is 37.0 Å². The van der Waals surface area contributed by atoms with Crippen LogP contribution in [0, 0.1) is 0 Å². The number of hydrogen-bond donors (Lipinski definition) is 2. The molecule has 1 fully saturated rings. The molecule has 1 atom stereocenters. The molecule has 6 heteroatoms. The summed E-state index contributed by atoms with van der Waals surface area (Å²) in [5.41, 5.74) is 1.23. The third-order valence-electron chi connectivity index (χ3n) is 4.40. The van der Waals surface area contributed by atoms with Crippen LogP contribution >= 0.6 is 0 Å². The number of carbonyl (C=O) groups is 2. The molecule has 1 aliphatic rings. The van der Waals surface area contributed by atoms with E-state index < -0.39 is 6.04 Å². The molecule has 1 aromatic carbocycles. The standard InChI is InChI=1S/C19H21N3O3/c23-17-10-9-14(12-20-17)13-21-18(24)16-8-4-5-11-22(16)19(25)15-6-2-1-3-7-15/h1-3,6-7,9-10,12,16H,4-5,8,11,13H2,(H,20,23)(H,21,24). The Balaban J connectivity index is 1.67. The van der Waals surface area contributed by atoms with Gasteiger partial charge in [0.15, 0.2) is 0 Å². The second kappa shape index (κ2) is 7.79. The van der Waals surface area contributed by atoms with Crippen molar-refractivity contribution in [3.63, 3.8) is 0 Å². The van der Waals surface area contributed by atoms with Crippen molar-refractivity contribution >= 4 is 11.8 Å². The first kappa shape index (κ1) is 17.0. The van der Waals surface area contributed by atoms with Gasteiger partial charge in [-0.1, -0.05) is 24.3 Å². The van der Waals surface area contributed by atoms with Crippen LogP contribution in [0.5, 0.6) is 0 Å². The first-order chi connectivity index (χ1) is 12.1. The van der Waals surface area contributed by atoms with E-state index in [1.54, 1.807) is 29.3 Å². The van der Waals surface area contributed by atoms with Gasteiger partial charge in [-0.2, -0.15) is 0 Å². The number of pyridine rings is 1. The van der Waals surface area contributed by atoms with Crippen LogP contribution in [0.25, 0.3) is 0 Å². The first-order valence-electron chi connectivity index (χ1n) is 8.46. The minimum absolute atomic E-state index is 0.107. The normalized spacial score (nSPS) is 17.1. The second-order valence-corrected chi connectivity index (χ2v) is 6.16. The Morgan fingerprint density at radius 1 is 1.12 bits per heavy atom. The van der Waals surface area contributed by atoms with Crippen LogP contribution in [0.15, 0.2) is 53.5 Å². The number of piperidine rings is 1. The van der Waals surface area contributed by atoms with E-state index in [0.29, 0.717) is 25.1 Å². The summed E-state index contributed by atoms with van der Waals surface area (Å²) in [6, 6.07) is 11.7. The molecule has 2 aromatic rings. The quantitative estimate of drug-likeness (QED) is 0.889. The lowest BCUT2D eigenvalue weighted by atomic mass is 10.00. The van der Waals surface area contributed by atoms with Gasteiger partial charge in [-0.15, -0.1) is 0 Å². The van der Waals surface area contributed by atoms with Crippen LogP contribution in [0.3, 0.4) is 0 Å². The fourth-order valence-corrected chi connectivity index (χ4v) is 3.05. The lowest BCUT2D eigenvalue weighted by Crippen LogP contribution is -2.51. The predicted molar refractivity (Wildman–Crippen MR) is 94.0 cm³/mol. The van der Waals surface area contributed by atoms with E-state index in [9.17, 15) is 14.4 Å². The molecule has 2 amide bonds. The Labute approximate surface area is 145 Å². The van der Waals surface area contributed by atoms with E-state index in [1.807, 2.05) is 18.2 Å². The number of rotatable bonds is 4. The highest BCUT2D eigenvalue weighted by Crippen LogP contribution is 2.20. The molecule has 1 saturated heterocycles. The maximum absolute atomic E-state index is 12.7. The molecule has 0 aliphatic carbocycles. The van der Waals surface area contributed by atoms with E-state index in [0.717, 1.165) is 18.4 Å². The maximum Gasteiger partial charge on any atom is 0.254 e. The Bertz CT molecular complexity index is 781. The Hall–Kier alpha value is -2.89. The topological polar surface area (TPSA) is 82.3 Å². The second-order valence-electron chi connectivity index (χ2n) is 6.16. The van der Waals surface area contributed by atoms with E-state index in [4.69, 9.17) is 0 Å². The van der Waals surface area contributed by atoms with Crippen LogP contribution in [0.1, 0.15) is 35.2 Å². The van der Waals surface area contributed by atoms with Gasteiger partial charge in [-0.25, -0.2) is 0 Å². The number of benzene rings is 1. The third kappa shape index (κ3) is 4.15. The molecule has 0 radical (unpaired) electrons. The summed E-state index contributed by atoms with van der Waals surface area (Å²) in [6.45, 7) is 0.907. The van der Waals surface area contributed by atoms with Crippen molar-refractivity contribution < 1.29 is 9.59 Å². The molecular weight excluding hydrogens is 318 g/mol. The fraction of sp³-hybridized carbons (Fsp3) is 0.316. The largest absolute Gasteiger partial charge is 0.350 e. The Morgan fingerprint density at radius 2 is 1.92 bits per heavy atom. The maximum atomic E-state index is 12.7. The van der Waals surface area contributed by atoms with Gasteiger partial charge in [-0.3, -0.25) is 14.4 Å². The number of H-pyrrole nitrogens is 1. The van der Waals surface area contributed by atoms with Crippen molar-refractivity contribution in [2.45, 2.75) is 31.8 Å². The molecule has 2 heterocycles. The van der Waals surface area contributed by atoms with E-state index in [1.165, 1.54) is 6.07 Å². The summed E-state index contributed by atoms with van der Waals surface area (Å²) in [4.78, 5) is 40.7. The van der Waals surface area contributed by atoms with Gasteiger partial charge in [0.2, 0.25) is 11.5 Å². The molecule has 6 nitrogen and oxygen atoms in total. The number of nitrogens with zero attached hydrogens (tertiary/aromatic N) is 1. The van der Waals surface area contributed by atoms with Crippen LogP contribution in [0.4, 0.5) is 0 Å². The number of aromatic amines is 1. The zero-order chi connectivity index (χ0) is 17.6. The summed E-state index contributed by atoms with van der Waals surface area (Å²) < 4.78 is 0. The van der Waals surface area contributed by atoms with E-state index in [-0.39, 0.29) is 17.4 Å². The number of aromatic nitrogens is 1. The van der Waals surface area contributed by atoms with Crippen LogP contribution in [-0.2, 0) is 11.3 Å². The smallest absolute Gasteiger partial charge is 0.254 e. The van der Waals surface area contributed by atoms with E-state index >= 15 is 0 Å². The number of carbonyl (C=O) groups excluding carboxylic acids is 2. The molecule has 2 N–H and O–H groups in total. The highest BCUT2D eigenvalue weighted by atomic mass is 16.2. The zero-order valence-electron chi connectivity index (χ0n) is 13.9. The zero-order valence-corrected chi connectivity index (χ0v) is 13.9. The van der Waals surface area contributed by atoms with Crippen molar-refractivity contribution in [3.05, 3.63) is 70.1 Å². The molecule has 1 aromatic heterocycles. The van der Waals surface area contributed by atoms with Crippen molar-refractivity contribution in [2.75, 3.05) is 6.54 Å². The van der Waals surface area contributed by atoms with Crippen molar-refractivity contribution in [1.29, 1.82) is 0 Å². The van der Waals surface area contributed by atoms with Crippen molar-refractivity contribution in [2.24, 2.45) is 0 Å². The van der Waals surface area contributed by atoms with Crippen LogP contribution < -0.4 is 10.9 Å². The van der Waals surface area contributed by atoms with Crippen LogP contribution in [0.2, 0.25) is 0 Å². The van der Waals surface area contributed by atoms with Gasteiger partial charge >= 0.3 is 0 Å². The van der Waals surface area contributed by atoms with Crippen molar-refractivity contribution in [3.8, 4) is 0 Å². The number of hydrogen-bond acceptors (Lipinski definition) is 3. The number of nitrogens with one attached hydrogen (secondary N) is 2. The summed E-state index contributed by atoms with van der Waals surface area (Å²) in [5, 5.41) is 2.87. The molecule has 0 bridgehead atoms. The Morgan fingerprint density at radius 3 is 2.64 bits per heavy atom. The highest BCUT2D eigenvalue weighted by Gasteiger charge is 2.32. The van der Waals surface area contributed by atoms with Crippen molar-refractivity contribution in [1.82, 2.24) is 15.2 Å². The van der Waals surface area contributed by atoms with Gasteiger partial charge in [0.25, 0.3) is 5.91 Å². The summed E-state index contributed by atoms with van der Waals surface area (Å²) in [6.07, 6.45) is 4.07. The summed E-state index contributed by atoms with van der Waals surface area (Å²) >= 11 is 0. The molecule has 3 rings (SSSR count). The lowest BCUT2D eigenvalue weighted by Gasteiger charge is -2.34. The van der Waals surface area contributed by atoms with Gasteiger partial charge in [0.1, 0.15) is 6.04 Å². The van der Waals surface area contributed by atoms with Gasteiger partial charge in [0.05, 0.1) is 0 Å².